The van der Waals surface area contributed by atoms with Gasteiger partial charge in [0.1, 0.15) is 5.75 Å². The Kier molecular flexibility index (Phi) is 3.87. The average molecular weight is 248 g/mol. The largest absolute Gasteiger partial charge is 0.508 e. The molecule has 1 aromatic carbocycles. The summed E-state index contributed by atoms with van der Waals surface area (Å²) in [4.78, 5) is 13.2. The van der Waals surface area contributed by atoms with Crippen molar-refractivity contribution in [2.75, 3.05) is 20.6 Å². The number of hydrogen-bond donors (Lipinski definition) is 2. The second-order valence-corrected chi connectivity index (χ2v) is 5.00. The number of aryl methyl sites for hydroxylation is 1. The number of benzene rings is 1. The van der Waals surface area contributed by atoms with E-state index in [-0.39, 0.29) is 11.9 Å². The molecule has 4 nitrogen and oxygen atoms in total. The van der Waals surface area contributed by atoms with Gasteiger partial charge < -0.3 is 15.3 Å². The van der Waals surface area contributed by atoms with Gasteiger partial charge >= 0.3 is 0 Å². The van der Waals surface area contributed by atoms with Crippen LogP contribution in [-0.4, -0.2) is 36.6 Å². The van der Waals surface area contributed by atoms with Gasteiger partial charge in [0, 0.05) is 20.1 Å². The second-order valence-electron chi connectivity index (χ2n) is 5.00. The number of hydrogen-bond acceptors (Lipinski definition) is 3. The van der Waals surface area contributed by atoms with Gasteiger partial charge in [0.15, 0.2) is 0 Å². The molecule has 0 radical (unpaired) electrons. The monoisotopic (exact) mass is 248 g/mol. The Hall–Kier alpha value is -1.55. The first-order valence-electron chi connectivity index (χ1n) is 6.33. The number of phenols is 1. The lowest BCUT2D eigenvalue weighted by Crippen LogP contribution is -2.36. The van der Waals surface area contributed by atoms with Crippen molar-refractivity contribution in [2.24, 2.45) is 0 Å². The molecule has 1 aromatic rings. The smallest absolute Gasteiger partial charge is 0.236 e. The minimum absolute atomic E-state index is 0.0842. The van der Waals surface area contributed by atoms with E-state index in [0.717, 1.165) is 19.3 Å². The lowest BCUT2D eigenvalue weighted by atomic mass is 9.87. The van der Waals surface area contributed by atoms with Crippen LogP contribution in [0, 0.1) is 0 Å². The molecular weight excluding hydrogens is 228 g/mol. The van der Waals surface area contributed by atoms with Gasteiger partial charge in [-0.15, -0.1) is 0 Å². The minimum atomic E-state index is 0.0842. The molecule has 1 aliphatic carbocycles. The predicted molar refractivity (Wildman–Crippen MR) is 70.5 cm³/mol. The number of carbonyl (C=O) groups excluding carboxylic acids is 1. The molecule has 98 valence electrons. The number of carbonyl (C=O) groups is 1. The number of phenolic OH excluding ortho intramolecular Hbond substituents is 1. The van der Waals surface area contributed by atoms with Crippen LogP contribution in [0.2, 0.25) is 0 Å². The zero-order chi connectivity index (χ0) is 13.1. The van der Waals surface area contributed by atoms with E-state index in [1.807, 2.05) is 12.1 Å². The molecule has 0 fully saturated rings. The minimum Gasteiger partial charge on any atom is -0.508 e. The predicted octanol–water partition coefficient (Wildman–Crippen LogP) is 1.45. The average Bonchev–Trinajstić information content (AvgIpc) is 2.35. The van der Waals surface area contributed by atoms with Crippen molar-refractivity contribution in [1.29, 1.82) is 0 Å². The molecular formula is C14H20N2O2. The molecule has 0 saturated heterocycles. The number of rotatable bonds is 3. The molecule has 4 heteroatoms. The van der Waals surface area contributed by atoms with Gasteiger partial charge in [-0.2, -0.15) is 0 Å². The van der Waals surface area contributed by atoms with Crippen LogP contribution >= 0.6 is 0 Å². The first kappa shape index (κ1) is 12.9. The maximum Gasteiger partial charge on any atom is 0.236 e. The number of aromatic hydroxyl groups is 1. The third-order valence-corrected chi connectivity index (χ3v) is 3.44. The molecule has 0 spiro atoms. The lowest BCUT2D eigenvalue weighted by Gasteiger charge is -2.27. The van der Waals surface area contributed by atoms with Gasteiger partial charge in [-0.3, -0.25) is 4.79 Å². The third kappa shape index (κ3) is 2.82. The summed E-state index contributed by atoms with van der Waals surface area (Å²) in [5.74, 6) is 0.402. The molecule has 1 aliphatic rings. The van der Waals surface area contributed by atoms with Gasteiger partial charge in [-0.25, -0.2) is 0 Å². The van der Waals surface area contributed by atoms with Gasteiger partial charge in [0.2, 0.25) is 5.91 Å². The van der Waals surface area contributed by atoms with Crippen LogP contribution in [0.5, 0.6) is 5.75 Å². The summed E-state index contributed by atoms with van der Waals surface area (Å²) in [6.45, 7) is 0.359. The molecule has 18 heavy (non-hydrogen) atoms. The van der Waals surface area contributed by atoms with Crippen molar-refractivity contribution in [3.8, 4) is 5.75 Å². The number of likely N-dealkylation sites (N-methyl/N-ethyl adjacent to an activating group) is 1. The second kappa shape index (κ2) is 5.40. The molecule has 0 aliphatic heterocycles. The highest BCUT2D eigenvalue weighted by atomic mass is 16.3. The topological polar surface area (TPSA) is 52.6 Å². The van der Waals surface area contributed by atoms with E-state index in [0.29, 0.717) is 12.3 Å². The first-order chi connectivity index (χ1) is 8.58. The molecule has 1 atom stereocenters. The Bertz CT molecular complexity index is 443. The molecule has 0 saturated carbocycles. The van der Waals surface area contributed by atoms with Crippen LogP contribution in [0.25, 0.3) is 0 Å². The number of nitrogens with one attached hydrogen (secondary N) is 1. The summed E-state index contributed by atoms with van der Waals surface area (Å²) in [6, 6.07) is 5.73. The molecule has 1 amide bonds. The number of nitrogens with zero attached hydrogens (tertiary/aromatic N) is 1. The summed E-state index contributed by atoms with van der Waals surface area (Å²) in [5.41, 5.74) is 2.40. The van der Waals surface area contributed by atoms with Crippen molar-refractivity contribution in [3.63, 3.8) is 0 Å². The lowest BCUT2D eigenvalue weighted by molar-refractivity contribution is -0.127. The van der Waals surface area contributed by atoms with E-state index < -0.39 is 0 Å². The Labute approximate surface area is 108 Å². The van der Waals surface area contributed by atoms with Crippen molar-refractivity contribution in [1.82, 2.24) is 10.2 Å². The Morgan fingerprint density at radius 2 is 2.28 bits per heavy atom. The van der Waals surface area contributed by atoms with E-state index in [2.05, 4.69) is 5.32 Å². The number of fused-ring (bicyclic) bond motifs is 1. The highest BCUT2D eigenvalue weighted by Gasteiger charge is 2.20. The summed E-state index contributed by atoms with van der Waals surface area (Å²) < 4.78 is 0. The van der Waals surface area contributed by atoms with Crippen LogP contribution < -0.4 is 5.32 Å². The standard InChI is InChI=1S/C14H20N2O2/c1-16(2)14(18)9-15-13-5-3-4-10-8-11(17)6-7-12(10)13/h6-8,13,15,17H,3-5,9H2,1-2H3. The van der Waals surface area contributed by atoms with Crippen molar-refractivity contribution >= 4 is 5.91 Å². The highest BCUT2D eigenvalue weighted by Crippen LogP contribution is 2.31. The molecule has 0 bridgehead atoms. The van der Waals surface area contributed by atoms with Gasteiger partial charge in [-0.05, 0) is 42.5 Å². The summed E-state index contributed by atoms with van der Waals surface area (Å²) >= 11 is 0. The summed E-state index contributed by atoms with van der Waals surface area (Å²) in [7, 11) is 3.52. The fourth-order valence-electron chi connectivity index (χ4n) is 2.38. The Morgan fingerprint density at radius 1 is 1.50 bits per heavy atom. The van der Waals surface area contributed by atoms with E-state index in [4.69, 9.17) is 0 Å². The number of amides is 1. The van der Waals surface area contributed by atoms with Crippen LogP contribution in [0.3, 0.4) is 0 Å². The molecule has 2 N–H and O–H groups in total. The fourth-order valence-corrected chi connectivity index (χ4v) is 2.38. The van der Waals surface area contributed by atoms with Gasteiger partial charge in [-0.1, -0.05) is 6.07 Å². The maximum atomic E-state index is 11.6. The van der Waals surface area contributed by atoms with Crippen molar-refractivity contribution in [2.45, 2.75) is 25.3 Å². The summed E-state index contributed by atoms with van der Waals surface area (Å²) in [5, 5.41) is 12.8. The fraction of sp³-hybridized carbons (Fsp3) is 0.500. The van der Waals surface area contributed by atoms with Crippen LogP contribution in [0.4, 0.5) is 0 Å². The molecule has 2 rings (SSSR count). The van der Waals surface area contributed by atoms with Gasteiger partial charge in [0.05, 0.1) is 6.54 Å². The van der Waals surface area contributed by atoms with Crippen LogP contribution in [0.15, 0.2) is 18.2 Å². The quantitative estimate of drug-likeness (QED) is 0.851. The van der Waals surface area contributed by atoms with Crippen LogP contribution in [-0.2, 0) is 11.2 Å². The normalized spacial score (nSPS) is 18.2. The van der Waals surface area contributed by atoms with Crippen LogP contribution in [0.1, 0.15) is 30.0 Å². The van der Waals surface area contributed by atoms with Gasteiger partial charge in [0.25, 0.3) is 0 Å². The summed E-state index contributed by atoms with van der Waals surface area (Å²) in [6.07, 6.45) is 3.13. The highest BCUT2D eigenvalue weighted by molar-refractivity contribution is 5.77. The van der Waals surface area contributed by atoms with E-state index in [1.165, 1.54) is 11.1 Å². The Morgan fingerprint density at radius 3 is 3.00 bits per heavy atom. The third-order valence-electron chi connectivity index (χ3n) is 3.44. The molecule has 0 aromatic heterocycles. The van der Waals surface area contributed by atoms with Crippen molar-refractivity contribution in [3.05, 3.63) is 29.3 Å². The van der Waals surface area contributed by atoms with E-state index in [9.17, 15) is 9.90 Å². The Balaban J connectivity index is 2.06. The SMILES string of the molecule is CN(C)C(=O)CNC1CCCc2cc(O)ccc21. The zero-order valence-corrected chi connectivity index (χ0v) is 10.9. The van der Waals surface area contributed by atoms with Crippen molar-refractivity contribution < 1.29 is 9.90 Å². The molecule has 1 unspecified atom stereocenters. The zero-order valence-electron chi connectivity index (χ0n) is 10.9. The van der Waals surface area contributed by atoms with E-state index in [1.54, 1.807) is 25.1 Å². The molecule has 0 heterocycles. The van der Waals surface area contributed by atoms with E-state index >= 15 is 0 Å². The maximum absolute atomic E-state index is 11.6. The first-order valence-corrected chi connectivity index (χ1v) is 6.33.